The largest absolute Gasteiger partial charge is 0.350 e. The second kappa shape index (κ2) is 7.20. The zero-order chi connectivity index (χ0) is 19.8. The molecule has 0 atom stereocenters. The second-order valence-corrected chi connectivity index (χ2v) is 7.58. The van der Waals surface area contributed by atoms with Crippen LogP contribution in [0.25, 0.3) is 22.3 Å². The van der Waals surface area contributed by atoms with Crippen molar-refractivity contribution in [3.8, 4) is 11.3 Å². The Hall–Kier alpha value is -3.42. The Kier molecular flexibility index (Phi) is 4.38. The van der Waals surface area contributed by atoms with Gasteiger partial charge in [-0.15, -0.1) is 0 Å². The zero-order valence-corrected chi connectivity index (χ0v) is 16.2. The number of hydrogen-bond donors (Lipinski definition) is 1. The van der Waals surface area contributed by atoms with Crippen LogP contribution in [0.15, 0.2) is 47.5 Å². The Balaban J connectivity index is 1.33. The molecule has 0 aliphatic heterocycles. The number of aromatic nitrogens is 5. The van der Waals surface area contributed by atoms with Gasteiger partial charge in [0.1, 0.15) is 5.69 Å². The fourth-order valence-corrected chi connectivity index (χ4v) is 4.02. The van der Waals surface area contributed by atoms with Crippen LogP contribution in [0.3, 0.4) is 0 Å². The third kappa shape index (κ3) is 3.41. The summed E-state index contributed by atoms with van der Waals surface area (Å²) in [4.78, 5) is 17.1. The predicted molar refractivity (Wildman–Crippen MR) is 109 cm³/mol. The SMILES string of the molecule is Cn1cc(-c2cc(C(=O)Nc3ccc4c(c3)ncn4C3CCCCC3)on2)cn1. The van der Waals surface area contributed by atoms with Gasteiger partial charge in [-0.2, -0.15) is 5.10 Å². The molecule has 4 aromatic rings. The van der Waals surface area contributed by atoms with E-state index in [-0.39, 0.29) is 11.7 Å². The number of fused-ring (bicyclic) bond motifs is 1. The van der Waals surface area contributed by atoms with Crippen LogP contribution in [0.5, 0.6) is 0 Å². The maximum Gasteiger partial charge on any atom is 0.294 e. The third-order valence-electron chi connectivity index (χ3n) is 5.54. The molecule has 5 rings (SSSR count). The number of benzene rings is 1. The highest BCUT2D eigenvalue weighted by atomic mass is 16.5. The summed E-state index contributed by atoms with van der Waals surface area (Å²) in [6.07, 6.45) is 11.7. The second-order valence-electron chi connectivity index (χ2n) is 7.58. The lowest BCUT2D eigenvalue weighted by Gasteiger charge is -2.23. The van der Waals surface area contributed by atoms with E-state index in [1.807, 2.05) is 37.8 Å². The quantitative estimate of drug-likeness (QED) is 0.564. The molecule has 148 valence electrons. The molecular formula is C21H22N6O2. The minimum Gasteiger partial charge on any atom is -0.350 e. The molecule has 8 heteroatoms. The van der Waals surface area contributed by atoms with Crippen molar-refractivity contribution in [1.82, 2.24) is 24.5 Å². The maximum absolute atomic E-state index is 12.6. The fourth-order valence-electron chi connectivity index (χ4n) is 4.02. The molecule has 1 fully saturated rings. The number of hydrogen-bond acceptors (Lipinski definition) is 5. The highest BCUT2D eigenvalue weighted by Gasteiger charge is 2.18. The maximum atomic E-state index is 12.6. The fraction of sp³-hybridized carbons (Fsp3) is 0.333. The third-order valence-corrected chi connectivity index (χ3v) is 5.54. The van der Waals surface area contributed by atoms with Crippen LogP contribution in [0.1, 0.15) is 48.7 Å². The van der Waals surface area contributed by atoms with Gasteiger partial charge in [0.25, 0.3) is 5.91 Å². The number of carbonyl (C=O) groups is 1. The monoisotopic (exact) mass is 390 g/mol. The molecule has 0 bridgehead atoms. The first-order chi connectivity index (χ1) is 14.2. The molecule has 8 nitrogen and oxygen atoms in total. The Labute approximate surface area is 167 Å². The Morgan fingerprint density at radius 3 is 2.86 bits per heavy atom. The highest BCUT2D eigenvalue weighted by molar-refractivity contribution is 6.03. The van der Waals surface area contributed by atoms with E-state index in [4.69, 9.17) is 4.52 Å². The van der Waals surface area contributed by atoms with Gasteiger partial charge in [0, 0.05) is 36.6 Å². The molecule has 1 saturated carbocycles. The van der Waals surface area contributed by atoms with Crippen molar-refractivity contribution in [2.45, 2.75) is 38.1 Å². The van der Waals surface area contributed by atoms with Gasteiger partial charge >= 0.3 is 0 Å². The first-order valence-electron chi connectivity index (χ1n) is 9.91. The van der Waals surface area contributed by atoms with Crippen molar-refractivity contribution in [3.05, 3.63) is 48.7 Å². The molecule has 1 aliphatic rings. The van der Waals surface area contributed by atoms with Crippen molar-refractivity contribution in [2.75, 3.05) is 5.32 Å². The Morgan fingerprint density at radius 2 is 2.07 bits per heavy atom. The van der Waals surface area contributed by atoms with Gasteiger partial charge in [-0.1, -0.05) is 24.4 Å². The van der Waals surface area contributed by atoms with E-state index < -0.39 is 0 Å². The summed E-state index contributed by atoms with van der Waals surface area (Å²) in [5.74, 6) is -0.199. The first-order valence-corrected chi connectivity index (χ1v) is 9.91. The molecule has 1 aliphatic carbocycles. The summed E-state index contributed by atoms with van der Waals surface area (Å²) in [5.41, 5.74) is 4.03. The van der Waals surface area contributed by atoms with Gasteiger partial charge in [0.2, 0.25) is 5.76 Å². The number of nitrogens with one attached hydrogen (secondary N) is 1. The Morgan fingerprint density at radius 1 is 1.21 bits per heavy atom. The molecule has 3 heterocycles. The van der Waals surface area contributed by atoms with Gasteiger partial charge in [-0.05, 0) is 31.0 Å². The standard InChI is InChI=1S/C21H22N6O2/c1-26-12-14(11-23-26)17-10-20(29-25-17)21(28)24-15-7-8-19-18(9-15)22-13-27(19)16-5-3-2-4-6-16/h7-13,16H,2-6H2,1H3,(H,24,28). The van der Waals surface area contributed by atoms with E-state index >= 15 is 0 Å². The van der Waals surface area contributed by atoms with Crippen LogP contribution >= 0.6 is 0 Å². The normalized spacial score (nSPS) is 15.1. The molecule has 3 aromatic heterocycles. The molecule has 1 aromatic carbocycles. The summed E-state index contributed by atoms with van der Waals surface area (Å²) in [6.45, 7) is 0. The lowest BCUT2D eigenvalue weighted by atomic mass is 9.95. The molecule has 0 unspecified atom stereocenters. The predicted octanol–water partition coefficient (Wildman–Crippen LogP) is 4.18. The molecule has 1 N–H and O–H groups in total. The van der Waals surface area contributed by atoms with Gasteiger partial charge < -0.3 is 14.4 Å². The van der Waals surface area contributed by atoms with Crippen molar-refractivity contribution >= 4 is 22.6 Å². The number of nitrogens with zero attached hydrogens (tertiary/aromatic N) is 5. The number of imidazole rings is 1. The van der Waals surface area contributed by atoms with Crippen molar-refractivity contribution in [2.24, 2.45) is 7.05 Å². The smallest absolute Gasteiger partial charge is 0.294 e. The Bertz CT molecular complexity index is 1160. The van der Waals surface area contributed by atoms with Gasteiger partial charge in [0.05, 0.1) is 23.6 Å². The lowest BCUT2D eigenvalue weighted by Crippen LogP contribution is -2.12. The summed E-state index contributed by atoms with van der Waals surface area (Å²) in [7, 11) is 1.82. The van der Waals surface area contributed by atoms with Crippen molar-refractivity contribution in [1.29, 1.82) is 0 Å². The summed E-state index contributed by atoms with van der Waals surface area (Å²) < 4.78 is 9.16. The molecule has 0 radical (unpaired) electrons. The highest BCUT2D eigenvalue weighted by Crippen LogP contribution is 2.31. The van der Waals surface area contributed by atoms with Gasteiger partial charge in [-0.25, -0.2) is 4.98 Å². The molecule has 1 amide bonds. The van der Waals surface area contributed by atoms with Gasteiger partial charge in [0.15, 0.2) is 0 Å². The summed E-state index contributed by atoms with van der Waals surface area (Å²) in [5, 5.41) is 10.9. The minimum absolute atomic E-state index is 0.150. The molecular weight excluding hydrogens is 368 g/mol. The van der Waals surface area contributed by atoms with E-state index in [0.717, 1.165) is 16.6 Å². The van der Waals surface area contributed by atoms with Crippen LogP contribution in [-0.2, 0) is 7.05 Å². The number of anilines is 1. The topological polar surface area (TPSA) is 90.8 Å². The molecule has 0 spiro atoms. The summed E-state index contributed by atoms with van der Waals surface area (Å²) >= 11 is 0. The number of rotatable bonds is 4. The van der Waals surface area contributed by atoms with Crippen LogP contribution in [0.4, 0.5) is 5.69 Å². The van der Waals surface area contributed by atoms with Crippen LogP contribution in [0, 0.1) is 0 Å². The average Bonchev–Trinajstić information content (AvgIpc) is 3.47. The van der Waals surface area contributed by atoms with E-state index in [9.17, 15) is 4.79 Å². The van der Waals surface area contributed by atoms with Crippen molar-refractivity contribution in [3.63, 3.8) is 0 Å². The van der Waals surface area contributed by atoms with E-state index in [2.05, 4.69) is 25.1 Å². The van der Waals surface area contributed by atoms with Gasteiger partial charge in [-0.3, -0.25) is 9.48 Å². The van der Waals surface area contributed by atoms with E-state index in [1.54, 1.807) is 16.9 Å². The van der Waals surface area contributed by atoms with E-state index in [0.29, 0.717) is 17.4 Å². The zero-order valence-electron chi connectivity index (χ0n) is 16.2. The average molecular weight is 390 g/mol. The number of carbonyl (C=O) groups excluding carboxylic acids is 1. The molecule has 29 heavy (non-hydrogen) atoms. The lowest BCUT2D eigenvalue weighted by molar-refractivity contribution is 0.0988. The van der Waals surface area contributed by atoms with Crippen LogP contribution in [-0.4, -0.2) is 30.4 Å². The minimum atomic E-state index is -0.348. The van der Waals surface area contributed by atoms with E-state index in [1.165, 1.54) is 32.1 Å². The number of aryl methyl sites for hydroxylation is 1. The van der Waals surface area contributed by atoms with Crippen LogP contribution < -0.4 is 5.32 Å². The number of amides is 1. The van der Waals surface area contributed by atoms with Crippen molar-refractivity contribution < 1.29 is 9.32 Å². The van der Waals surface area contributed by atoms with Crippen LogP contribution in [0.2, 0.25) is 0 Å². The first kappa shape index (κ1) is 17.7. The summed E-state index contributed by atoms with van der Waals surface area (Å²) in [6, 6.07) is 7.95. The molecule has 0 saturated heterocycles.